The predicted octanol–water partition coefficient (Wildman–Crippen LogP) is 2.01. The van der Waals surface area contributed by atoms with Gasteiger partial charge in [-0.25, -0.2) is 4.79 Å². The van der Waals surface area contributed by atoms with Gasteiger partial charge in [0.2, 0.25) is 0 Å². The molecule has 1 aromatic carbocycles. The van der Waals surface area contributed by atoms with Crippen LogP contribution >= 0.6 is 32.9 Å². The van der Waals surface area contributed by atoms with Crippen molar-refractivity contribution in [3.8, 4) is 5.75 Å². The van der Waals surface area contributed by atoms with Gasteiger partial charge in [0.25, 0.3) is 0 Å². The first-order valence-corrected chi connectivity index (χ1v) is 3.83. The SMILES string of the molecule is Br.Nc1c(O)cc(Br)cc1C(=O)O. The largest absolute Gasteiger partial charge is 0.506 e. The van der Waals surface area contributed by atoms with Crippen molar-refractivity contribution >= 4 is 44.6 Å². The number of nitrogen functional groups attached to an aromatic ring is 1. The van der Waals surface area contributed by atoms with Crippen LogP contribution in [0.15, 0.2) is 16.6 Å². The number of carboxylic acid groups (broad SMARTS) is 1. The third kappa shape index (κ3) is 2.60. The van der Waals surface area contributed by atoms with Gasteiger partial charge in [-0.2, -0.15) is 0 Å². The summed E-state index contributed by atoms with van der Waals surface area (Å²) in [6.07, 6.45) is 0. The predicted molar refractivity (Wildman–Crippen MR) is 57.5 cm³/mol. The van der Waals surface area contributed by atoms with Crippen LogP contribution < -0.4 is 5.73 Å². The lowest BCUT2D eigenvalue weighted by Gasteiger charge is -2.03. The highest BCUT2D eigenvalue weighted by atomic mass is 79.9. The highest BCUT2D eigenvalue weighted by molar-refractivity contribution is 9.10. The van der Waals surface area contributed by atoms with E-state index in [-0.39, 0.29) is 34.0 Å². The molecule has 0 saturated heterocycles. The molecule has 0 atom stereocenters. The van der Waals surface area contributed by atoms with E-state index >= 15 is 0 Å². The van der Waals surface area contributed by atoms with Crippen LogP contribution in [0.25, 0.3) is 0 Å². The van der Waals surface area contributed by atoms with Gasteiger partial charge in [-0.05, 0) is 12.1 Å². The molecule has 0 unspecified atom stereocenters. The van der Waals surface area contributed by atoms with E-state index in [1.807, 2.05) is 0 Å². The molecule has 0 fully saturated rings. The highest BCUT2D eigenvalue weighted by Crippen LogP contribution is 2.28. The van der Waals surface area contributed by atoms with Crippen LogP contribution in [0.4, 0.5) is 5.69 Å². The summed E-state index contributed by atoms with van der Waals surface area (Å²) in [7, 11) is 0. The van der Waals surface area contributed by atoms with Gasteiger partial charge >= 0.3 is 5.97 Å². The molecule has 0 amide bonds. The first-order chi connectivity index (χ1) is 5.52. The summed E-state index contributed by atoms with van der Waals surface area (Å²) >= 11 is 3.04. The smallest absolute Gasteiger partial charge is 0.337 e. The first kappa shape index (κ1) is 12.2. The molecule has 0 aliphatic carbocycles. The van der Waals surface area contributed by atoms with Crippen molar-refractivity contribution in [1.82, 2.24) is 0 Å². The van der Waals surface area contributed by atoms with Gasteiger partial charge in [0, 0.05) is 4.47 Å². The van der Waals surface area contributed by atoms with Crippen LogP contribution in [0.1, 0.15) is 10.4 Å². The Labute approximate surface area is 93.3 Å². The maximum atomic E-state index is 10.5. The van der Waals surface area contributed by atoms with Crippen molar-refractivity contribution in [1.29, 1.82) is 0 Å². The van der Waals surface area contributed by atoms with Crippen LogP contribution in [-0.4, -0.2) is 16.2 Å². The maximum Gasteiger partial charge on any atom is 0.337 e. The minimum Gasteiger partial charge on any atom is -0.506 e. The fourth-order valence-corrected chi connectivity index (χ4v) is 1.23. The monoisotopic (exact) mass is 311 g/mol. The fraction of sp³-hybridized carbons (Fsp3) is 0. The molecule has 72 valence electrons. The summed E-state index contributed by atoms with van der Waals surface area (Å²) in [5.74, 6) is -1.40. The second-order valence-corrected chi connectivity index (χ2v) is 3.11. The fourth-order valence-electron chi connectivity index (χ4n) is 0.781. The summed E-state index contributed by atoms with van der Waals surface area (Å²) in [6, 6.07) is 2.67. The van der Waals surface area contributed by atoms with Crippen molar-refractivity contribution in [2.75, 3.05) is 5.73 Å². The number of carbonyl (C=O) groups is 1. The van der Waals surface area contributed by atoms with Gasteiger partial charge in [0.1, 0.15) is 5.75 Å². The number of phenolic OH excluding ortho intramolecular Hbond substituents is 1. The van der Waals surface area contributed by atoms with E-state index in [1.54, 1.807) is 0 Å². The summed E-state index contributed by atoms with van der Waals surface area (Å²) in [6.45, 7) is 0. The third-order valence-corrected chi connectivity index (χ3v) is 1.81. The first-order valence-electron chi connectivity index (χ1n) is 3.03. The topological polar surface area (TPSA) is 83.5 Å². The van der Waals surface area contributed by atoms with Crippen LogP contribution in [0, 0.1) is 0 Å². The molecule has 0 aromatic heterocycles. The van der Waals surface area contributed by atoms with E-state index in [0.717, 1.165) is 0 Å². The van der Waals surface area contributed by atoms with Gasteiger partial charge < -0.3 is 15.9 Å². The number of anilines is 1. The van der Waals surface area contributed by atoms with Crippen molar-refractivity contribution in [2.24, 2.45) is 0 Å². The average Bonchev–Trinajstić information content (AvgIpc) is 1.96. The zero-order valence-electron chi connectivity index (χ0n) is 6.32. The Morgan fingerprint density at radius 1 is 1.46 bits per heavy atom. The summed E-state index contributed by atoms with van der Waals surface area (Å²) in [5, 5.41) is 17.7. The molecular weight excluding hydrogens is 306 g/mol. The van der Waals surface area contributed by atoms with E-state index in [4.69, 9.17) is 15.9 Å². The van der Waals surface area contributed by atoms with Gasteiger partial charge in [0.05, 0.1) is 11.3 Å². The molecule has 1 rings (SSSR count). The minimum atomic E-state index is -1.16. The number of aromatic hydroxyl groups is 1. The maximum absolute atomic E-state index is 10.5. The van der Waals surface area contributed by atoms with E-state index in [9.17, 15) is 4.79 Å². The number of halogens is 2. The van der Waals surface area contributed by atoms with Crippen molar-refractivity contribution in [2.45, 2.75) is 0 Å². The van der Waals surface area contributed by atoms with Crippen LogP contribution in [0.2, 0.25) is 0 Å². The average molecular weight is 313 g/mol. The number of aromatic carboxylic acids is 1. The Balaban J connectivity index is 0.00000144. The van der Waals surface area contributed by atoms with E-state index < -0.39 is 5.97 Å². The molecule has 0 saturated carbocycles. The number of rotatable bonds is 1. The summed E-state index contributed by atoms with van der Waals surface area (Å²) in [5.41, 5.74) is 5.07. The molecule has 0 heterocycles. The number of benzene rings is 1. The summed E-state index contributed by atoms with van der Waals surface area (Å²) < 4.78 is 0.478. The normalized spacial score (nSPS) is 9.00. The Bertz CT molecular complexity index is 341. The third-order valence-electron chi connectivity index (χ3n) is 1.35. The quantitative estimate of drug-likeness (QED) is 0.547. The lowest BCUT2D eigenvalue weighted by molar-refractivity contribution is 0.0697. The zero-order valence-corrected chi connectivity index (χ0v) is 9.62. The van der Waals surface area contributed by atoms with Crippen molar-refractivity contribution in [3.63, 3.8) is 0 Å². The Hall–Kier alpha value is -0.750. The Morgan fingerprint density at radius 3 is 2.46 bits per heavy atom. The van der Waals surface area contributed by atoms with Crippen LogP contribution in [-0.2, 0) is 0 Å². The molecule has 0 aliphatic rings. The Morgan fingerprint density at radius 2 is 2.00 bits per heavy atom. The zero-order chi connectivity index (χ0) is 9.30. The lowest BCUT2D eigenvalue weighted by atomic mass is 10.2. The second-order valence-electron chi connectivity index (χ2n) is 2.19. The number of nitrogens with two attached hydrogens (primary N) is 1. The molecule has 13 heavy (non-hydrogen) atoms. The lowest BCUT2D eigenvalue weighted by Crippen LogP contribution is -2.02. The molecular formula is C7H7Br2NO3. The molecule has 4 N–H and O–H groups in total. The standard InChI is InChI=1S/C7H6BrNO3.BrH/c8-3-1-4(7(11)12)6(9)5(10)2-3;/h1-2,10H,9H2,(H,11,12);1H. The van der Waals surface area contributed by atoms with Crippen molar-refractivity contribution < 1.29 is 15.0 Å². The number of hydrogen-bond donors (Lipinski definition) is 3. The van der Waals surface area contributed by atoms with Gasteiger partial charge in [-0.1, -0.05) is 15.9 Å². The van der Waals surface area contributed by atoms with E-state index in [1.165, 1.54) is 12.1 Å². The van der Waals surface area contributed by atoms with Crippen LogP contribution in [0.5, 0.6) is 5.75 Å². The minimum absolute atomic E-state index is 0. The van der Waals surface area contributed by atoms with Gasteiger partial charge in [-0.15, -0.1) is 17.0 Å². The molecule has 0 spiro atoms. The Kier molecular flexibility index (Phi) is 4.22. The molecule has 0 radical (unpaired) electrons. The highest BCUT2D eigenvalue weighted by Gasteiger charge is 2.11. The molecule has 0 aliphatic heterocycles. The number of phenols is 1. The molecule has 0 bridgehead atoms. The number of carboxylic acids is 1. The van der Waals surface area contributed by atoms with E-state index in [2.05, 4.69) is 15.9 Å². The van der Waals surface area contributed by atoms with Gasteiger partial charge in [0.15, 0.2) is 0 Å². The summed E-state index contributed by atoms with van der Waals surface area (Å²) in [4.78, 5) is 10.5. The molecule has 1 aromatic rings. The molecule has 4 nitrogen and oxygen atoms in total. The number of hydrogen-bond acceptors (Lipinski definition) is 3. The van der Waals surface area contributed by atoms with Crippen molar-refractivity contribution in [3.05, 3.63) is 22.2 Å². The molecule has 6 heteroatoms. The second kappa shape index (κ2) is 4.48. The van der Waals surface area contributed by atoms with E-state index in [0.29, 0.717) is 4.47 Å². The van der Waals surface area contributed by atoms with Crippen LogP contribution in [0.3, 0.4) is 0 Å². The van der Waals surface area contributed by atoms with Gasteiger partial charge in [-0.3, -0.25) is 0 Å².